The summed E-state index contributed by atoms with van der Waals surface area (Å²) in [4.78, 5) is 4.37. The third-order valence-electron chi connectivity index (χ3n) is 4.54. The van der Waals surface area contributed by atoms with Crippen LogP contribution >= 0.6 is 0 Å². The third kappa shape index (κ3) is 4.80. The summed E-state index contributed by atoms with van der Waals surface area (Å²) in [6.45, 7) is 8.78. The first-order chi connectivity index (χ1) is 14.0. The Morgan fingerprint density at radius 2 is 1.86 bits per heavy atom. The van der Waals surface area contributed by atoms with Gasteiger partial charge in [0.05, 0.1) is 6.61 Å². The molecule has 150 valence electrons. The summed E-state index contributed by atoms with van der Waals surface area (Å²) >= 11 is 0. The molecule has 1 heterocycles. The van der Waals surface area contributed by atoms with Crippen molar-refractivity contribution in [3.8, 4) is 0 Å². The molecule has 1 atom stereocenters. The van der Waals surface area contributed by atoms with Crippen molar-refractivity contribution in [1.82, 2.24) is 0 Å². The molecule has 0 spiro atoms. The summed E-state index contributed by atoms with van der Waals surface area (Å²) in [5, 5.41) is 0. The molecular formula is C24H23F2NO2. The van der Waals surface area contributed by atoms with Crippen LogP contribution in [0, 0.1) is 11.6 Å². The van der Waals surface area contributed by atoms with Gasteiger partial charge < -0.3 is 9.47 Å². The number of allylic oxidation sites excluding steroid dienone is 4. The lowest BCUT2D eigenvalue weighted by Gasteiger charge is -2.07. The van der Waals surface area contributed by atoms with Crippen LogP contribution in [0.25, 0.3) is 5.57 Å². The van der Waals surface area contributed by atoms with Gasteiger partial charge in [0.25, 0.3) is 0 Å². The van der Waals surface area contributed by atoms with Gasteiger partial charge in [-0.3, -0.25) is 0 Å². The number of rotatable bonds is 7. The predicted molar refractivity (Wildman–Crippen MR) is 112 cm³/mol. The minimum atomic E-state index is -0.685. The topological polar surface area (TPSA) is 30.8 Å². The Labute approximate surface area is 169 Å². The Morgan fingerprint density at radius 3 is 2.48 bits per heavy atom. The van der Waals surface area contributed by atoms with E-state index in [2.05, 4.69) is 11.6 Å². The lowest BCUT2D eigenvalue weighted by atomic mass is 10.0. The van der Waals surface area contributed by atoms with E-state index in [1.165, 1.54) is 18.2 Å². The Morgan fingerprint density at radius 1 is 1.17 bits per heavy atom. The third-order valence-corrected chi connectivity index (χ3v) is 4.54. The van der Waals surface area contributed by atoms with Crippen LogP contribution in [0.1, 0.15) is 36.6 Å². The van der Waals surface area contributed by atoms with Crippen molar-refractivity contribution in [1.29, 1.82) is 0 Å². The molecule has 3 rings (SSSR count). The van der Waals surface area contributed by atoms with Crippen LogP contribution in [0.15, 0.2) is 78.0 Å². The number of halogens is 2. The van der Waals surface area contributed by atoms with Crippen molar-refractivity contribution in [3.63, 3.8) is 0 Å². The van der Waals surface area contributed by atoms with Crippen LogP contribution in [0.3, 0.4) is 0 Å². The van der Waals surface area contributed by atoms with Crippen LogP contribution in [0.5, 0.6) is 0 Å². The first kappa shape index (κ1) is 20.5. The Balaban J connectivity index is 1.73. The summed E-state index contributed by atoms with van der Waals surface area (Å²) in [5.74, 6) is -0.585. The second kappa shape index (κ2) is 9.32. The van der Waals surface area contributed by atoms with Crippen LogP contribution in [-0.4, -0.2) is 19.1 Å². The van der Waals surface area contributed by atoms with Gasteiger partial charge >= 0.3 is 0 Å². The van der Waals surface area contributed by atoms with Crippen LogP contribution < -0.4 is 0 Å². The van der Waals surface area contributed by atoms with E-state index in [4.69, 9.17) is 9.47 Å². The van der Waals surface area contributed by atoms with Gasteiger partial charge in [-0.1, -0.05) is 43.0 Å². The first-order valence-corrected chi connectivity index (χ1v) is 9.45. The van der Waals surface area contributed by atoms with E-state index in [1.807, 2.05) is 56.3 Å². The van der Waals surface area contributed by atoms with Gasteiger partial charge in [-0.2, -0.15) is 0 Å². The highest BCUT2D eigenvalue weighted by molar-refractivity contribution is 5.95. The predicted octanol–water partition coefficient (Wildman–Crippen LogP) is 5.99. The van der Waals surface area contributed by atoms with Gasteiger partial charge in [0.15, 0.2) is 0 Å². The van der Waals surface area contributed by atoms with Gasteiger partial charge in [0.1, 0.15) is 35.6 Å². The maximum absolute atomic E-state index is 13.9. The molecule has 0 bridgehead atoms. The van der Waals surface area contributed by atoms with Gasteiger partial charge in [-0.05, 0) is 54.8 Å². The first-order valence-electron chi connectivity index (χ1n) is 9.45. The van der Waals surface area contributed by atoms with Crippen molar-refractivity contribution in [3.05, 3.63) is 101 Å². The van der Waals surface area contributed by atoms with Crippen molar-refractivity contribution in [2.24, 2.45) is 4.99 Å². The number of hydrogen-bond donors (Lipinski definition) is 0. The van der Waals surface area contributed by atoms with Crippen LogP contribution in [0.2, 0.25) is 0 Å². The van der Waals surface area contributed by atoms with Crippen molar-refractivity contribution in [2.45, 2.75) is 19.9 Å². The maximum atomic E-state index is 13.9. The van der Waals surface area contributed by atoms with Gasteiger partial charge in [-0.15, -0.1) is 0 Å². The second-order valence-corrected chi connectivity index (χ2v) is 6.46. The van der Waals surface area contributed by atoms with Crippen molar-refractivity contribution in [2.75, 3.05) is 13.2 Å². The molecule has 3 nitrogen and oxygen atoms in total. The zero-order valence-corrected chi connectivity index (χ0v) is 16.5. The number of hydrogen-bond acceptors (Lipinski definition) is 3. The SMILES string of the molecule is C=C(/C=C\C(=C/C)OCC)c1ccc(C2COC(c3c(F)cccc3F)=N2)cc1. The van der Waals surface area contributed by atoms with E-state index in [0.29, 0.717) is 6.61 Å². The number of aliphatic imine (C=N–C) groups is 1. The molecule has 0 amide bonds. The quantitative estimate of drug-likeness (QED) is 0.426. The van der Waals surface area contributed by atoms with E-state index in [1.54, 1.807) is 0 Å². The molecule has 0 radical (unpaired) electrons. The van der Waals surface area contributed by atoms with E-state index in [0.717, 1.165) is 22.5 Å². The van der Waals surface area contributed by atoms with Gasteiger partial charge in [-0.25, -0.2) is 13.8 Å². The number of ether oxygens (including phenoxy) is 2. The molecule has 2 aromatic rings. The maximum Gasteiger partial charge on any atom is 0.222 e. The summed E-state index contributed by atoms with van der Waals surface area (Å²) < 4.78 is 38.8. The molecule has 2 aromatic carbocycles. The summed E-state index contributed by atoms with van der Waals surface area (Å²) in [6.07, 6.45) is 5.67. The molecule has 0 saturated carbocycles. The molecule has 1 aliphatic heterocycles. The van der Waals surface area contributed by atoms with Gasteiger partial charge in [0.2, 0.25) is 5.90 Å². The molecular weight excluding hydrogens is 372 g/mol. The number of benzene rings is 2. The molecule has 5 heteroatoms. The molecule has 0 fully saturated rings. The second-order valence-electron chi connectivity index (χ2n) is 6.46. The summed E-state index contributed by atoms with van der Waals surface area (Å²) in [6, 6.07) is 11.1. The average molecular weight is 395 g/mol. The highest BCUT2D eigenvalue weighted by atomic mass is 19.1. The normalized spacial score (nSPS) is 16.6. The number of nitrogens with zero attached hydrogens (tertiary/aromatic N) is 1. The standard InChI is InChI=1S/C24H23F2NO2/c1-4-19(28-5-2)14-9-16(3)17-10-12-18(13-11-17)22-15-29-24(27-22)23-20(25)7-6-8-21(23)26/h4,6-14,22H,3,5,15H2,1-2H3/b14-9-,19-4+. The van der Waals surface area contributed by atoms with E-state index < -0.39 is 11.6 Å². The molecule has 0 saturated heterocycles. The van der Waals surface area contributed by atoms with E-state index in [9.17, 15) is 8.78 Å². The Hall–Kier alpha value is -3.21. The highest BCUT2D eigenvalue weighted by Gasteiger charge is 2.26. The molecule has 0 N–H and O–H groups in total. The molecule has 29 heavy (non-hydrogen) atoms. The van der Waals surface area contributed by atoms with Crippen molar-refractivity contribution >= 4 is 11.5 Å². The van der Waals surface area contributed by atoms with E-state index >= 15 is 0 Å². The lowest BCUT2D eigenvalue weighted by Crippen LogP contribution is -2.07. The van der Waals surface area contributed by atoms with E-state index in [-0.39, 0.29) is 24.1 Å². The molecule has 1 aliphatic rings. The summed E-state index contributed by atoms with van der Waals surface area (Å²) in [5.41, 5.74) is 2.48. The Kier molecular flexibility index (Phi) is 6.60. The summed E-state index contributed by atoms with van der Waals surface area (Å²) in [7, 11) is 0. The minimum absolute atomic E-state index is 0.00294. The smallest absolute Gasteiger partial charge is 0.222 e. The fraction of sp³-hybridized carbons (Fsp3) is 0.208. The van der Waals surface area contributed by atoms with Crippen LogP contribution in [-0.2, 0) is 9.47 Å². The highest BCUT2D eigenvalue weighted by Crippen LogP contribution is 2.28. The fourth-order valence-electron chi connectivity index (χ4n) is 2.98. The lowest BCUT2D eigenvalue weighted by molar-refractivity contribution is 0.242. The van der Waals surface area contributed by atoms with Crippen molar-refractivity contribution < 1.29 is 18.3 Å². The average Bonchev–Trinajstić information content (AvgIpc) is 3.20. The monoisotopic (exact) mass is 395 g/mol. The molecule has 1 unspecified atom stereocenters. The Bertz CT molecular complexity index is 955. The fourth-order valence-corrected chi connectivity index (χ4v) is 2.98. The zero-order chi connectivity index (χ0) is 20.8. The van der Waals surface area contributed by atoms with Gasteiger partial charge in [0, 0.05) is 0 Å². The largest absolute Gasteiger partial charge is 0.494 e. The molecule has 0 aliphatic carbocycles. The van der Waals surface area contributed by atoms with Crippen LogP contribution in [0.4, 0.5) is 8.78 Å². The minimum Gasteiger partial charge on any atom is -0.494 e. The zero-order valence-electron chi connectivity index (χ0n) is 16.5. The molecule has 0 aromatic heterocycles.